The SMILES string of the molecule is CCCCCC[C@@H]1C[C@@]1(C(=O)[O-])C(C(C)C)C(C)C. The van der Waals surface area contributed by atoms with Crippen LogP contribution in [0.25, 0.3) is 0 Å². The van der Waals surface area contributed by atoms with Crippen molar-refractivity contribution in [1.29, 1.82) is 0 Å². The van der Waals surface area contributed by atoms with Crippen molar-refractivity contribution in [2.75, 3.05) is 0 Å². The van der Waals surface area contributed by atoms with Crippen LogP contribution in [0.5, 0.6) is 0 Å². The minimum Gasteiger partial charge on any atom is -0.550 e. The molecule has 0 aliphatic heterocycles. The quantitative estimate of drug-likeness (QED) is 0.598. The van der Waals surface area contributed by atoms with E-state index in [0.29, 0.717) is 17.8 Å². The molecular weight excluding hydrogens is 236 g/mol. The van der Waals surface area contributed by atoms with Gasteiger partial charge in [-0.1, -0.05) is 60.3 Å². The van der Waals surface area contributed by atoms with E-state index in [9.17, 15) is 9.90 Å². The highest BCUT2D eigenvalue weighted by molar-refractivity contribution is 5.77. The Labute approximate surface area is 119 Å². The summed E-state index contributed by atoms with van der Waals surface area (Å²) in [6.07, 6.45) is 6.84. The minimum absolute atomic E-state index is 0.258. The van der Waals surface area contributed by atoms with Crippen molar-refractivity contribution in [2.45, 2.75) is 73.1 Å². The summed E-state index contributed by atoms with van der Waals surface area (Å²) in [6, 6.07) is 0. The molecule has 0 N–H and O–H groups in total. The first-order valence-corrected chi connectivity index (χ1v) is 8.09. The average molecular weight is 267 g/mol. The third-order valence-electron chi connectivity index (χ3n) is 4.97. The van der Waals surface area contributed by atoms with Gasteiger partial charge in [0.1, 0.15) is 0 Å². The van der Waals surface area contributed by atoms with Gasteiger partial charge in [-0.05, 0) is 36.5 Å². The molecule has 19 heavy (non-hydrogen) atoms. The van der Waals surface area contributed by atoms with Crippen molar-refractivity contribution < 1.29 is 9.90 Å². The molecule has 0 radical (unpaired) electrons. The highest BCUT2D eigenvalue weighted by Gasteiger charge is 2.60. The number of hydrogen-bond acceptors (Lipinski definition) is 2. The van der Waals surface area contributed by atoms with Crippen LogP contribution in [-0.4, -0.2) is 5.97 Å². The van der Waals surface area contributed by atoms with Gasteiger partial charge in [-0.15, -0.1) is 0 Å². The fourth-order valence-corrected chi connectivity index (χ4v) is 4.28. The van der Waals surface area contributed by atoms with Gasteiger partial charge in [0.25, 0.3) is 0 Å². The second-order valence-electron chi connectivity index (χ2n) is 7.09. The van der Waals surface area contributed by atoms with Crippen LogP contribution < -0.4 is 5.11 Å². The first kappa shape index (κ1) is 16.5. The summed E-state index contributed by atoms with van der Waals surface area (Å²) in [6.45, 7) is 10.8. The number of carboxylic acid groups (broad SMARTS) is 1. The Kier molecular flexibility index (Phi) is 5.88. The van der Waals surface area contributed by atoms with Gasteiger partial charge in [0.05, 0.1) is 0 Å². The Hall–Kier alpha value is -0.530. The van der Waals surface area contributed by atoms with Gasteiger partial charge in [-0.25, -0.2) is 0 Å². The van der Waals surface area contributed by atoms with Gasteiger partial charge >= 0.3 is 0 Å². The highest BCUT2D eigenvalue weighted by atomic mass is 16.4. The van der Waals surface area contributed by atoms with Gasteiger partial charge in [0, 0.05) is 11.4 Å². The lowest BCUT2D eigenvalue weighted by atomic mass is 9.72. The summed E-state index contributed by atoms with van der Waals surface area (Å²) in [5.74, 6) is 0.662. The third-order valence-corrected chi connectivity index (χ3v) is 4.97. The van der Waals surface area contributed by atoms with Crippen LogP contribution in [0.15, 0.2) is 0 Å². The number of rotatable bonds is 9. The summed E-state index contributed by atoms with van der Waals surface area (Å²) in [5, 5.41) is 11.7. The summed E-state index contributed by atoms with van der Waals surface area (Å²) >= 11 is 0. The van der Waals surface area contributed by atoms with E-state index < -0.39 is 11.4 Å². The number of carbonyl (C=O) groups is 1. The second-order valence-corrected chi connectivity index (χ2v) is 7.09. The predicted molar refractivity (Wildman–Crippen MR) is 77.5 cm³/mol. The highest BCUT2D eigenvalue weighted by Crippen LogP contribution is 2.63. The fraction of sp³-hybridized carbons (Fsp3) is 0.941. The molecule has 2 heteroatoms. The van der Waals surface area contributed by atoms with E-state index in [1.165, 1.54) is 25.7 Å². The van der Waals surface area contributed by atoms with Crippen molar-refractivity contribution in [3.05, 3.63) is 0 Å². The Morgan fingerprint density at radius 3 is 2.16 bits per heavy atom. The van der Waals surface area contributed by atoms with Crippen LogP contribution in [0.4, 0.5) is 0 Å². The molecule has 1 aliphatic rings. The molecule has 1 aliphatic carbocycles. The Morgan fingerprint density at radius 2 is 1.74 bits per heavy atom. The van der Waals surface area contributed by atoms with E-state index in [4.69, 9.17) is 0 Å². The van der Waals surface area contributed by atoms with E-state index in [1.807, 2.05) is 0 Å². The molecule has 0 amide bonds. The summed E-state index contributed by atoms with van der Waals surface area (Å²) in [4.78, 5) is 11.7. The molecule has 1 saturated carbocycles. The largest absolute Gasteiger partial charge is 0.550 e. The maximum atomic E-state index is 11.7. The molecular formula is C17H31O2-. The van der Waals surface area contributed by atoms with Crippen LogP contribution in [0.3, 0.4) is 0 Å². The summed E-state index contributed by atoms with van der Waals surface area (Å²) in [5.41, 5.74) is -0.519. The molecule has 0 saturated heterocycles. The zero-order valence-corrected chi connectivity index (χ0v) is 13.4. The molecule has 1 rings (SSSR count). The van der Waals surface area contributed by atoms with Crippen LogP contribution in [0, 0.1) is 29.1 Å². The summed E-state index contributed by atoms with van der Waals surface area (Å²) < 4.78 is 0. The molecule has 1 fully saturated rings. The molecule has 2 atom stereocenters. The van der Waals surface area contributed by atoms with Crippen LogP contribution in [0.2, 0.25) is 0 Å². The van der Waals surface area contributed by atoms with Gasteiger partial charge in [0.15, 0.2) is 0 Å². The monoisotopic (exact) mass is 267 g/mol. The lowest BCUT2D eigenvalue weighted by Gasteiger charge is -2.35. The maximum Gasteiger partial charge on any atom is 0.0482 e. The Bertz CT molecular complexity index is 288. The topological polar surface area (TPSA) is 40.1 Å². The number of aliphatic carboxylic acids is 1. The van der Waals surface area contributed by atoms with E-state index in [2.05, 4.69) is 34.6 Å². The maximum absolute atomic E-state index is 11.7. The minimum atomic E-state index is -0.791. The lowest BCUT2D eigenvalue weighted by molar-refractivity contribution is -0.318. The normalized spacial score (nSPS) is 26.4. The molecule has 0 aromatic rings. The van der Waals surface area contributed by atoms with Gasteiger partial charge in [-0.3, -0.25) is 0 Å². The van der Waals surface area contributed by atoms with Crippen molar-refractivity contribution in [1.82, 2.24) is 0 Å². The number of carbonyl (C=O) groups excluding carboxylic acids is 1. The predicted octanol–water partition coefficient (Wildman–Crippen LogP) is 3.64. The third kappa shape index (κ3) is 3.52. The van der Waals surface area contributed by atoms with E-state index in [0.717, 1.165) is 12.8 Å². The molecule has 0 spiro atoms. The zero-order chi connectivity index (χ0) is 14.6. The van der Waals surface area contributed by atoms with Gasteiger partial charge in [-0.2, -0.15) is 0 Å². The zero-order valence-electron chi connectivity index (χ0n) is 13.4. The molecule has 0 aromatic heterocycles. The van der Waals surface area contributed by atoms with Crippen molar-refractivity contribution >= 4 is 5.97 Å². The standard InChI is InChI=1S/C17H32O2/c1-6-7-8-9-10-14-11-17(14,16(18)19)15(12(2)3)13(4)5/h12-15H,6-11H2,1-5H3,(H,18,19)/p-1/t14-,17+/m1/s1. The molecule has 0 aromatic carbocycles. The molecule has 0 unspecified atom stereocenters. The van der Waals surface area contributed by atoms with Crippen LogP contribution in [0.1, 0.15) is 73.1 Å². The van der Waals surface area contributed by atoms with Crippen molar-refractivity contribution in [3.63, 3.8) is 0 Å². The second kappa shape index (κ2) is 6.76. The first-order valence-electron chi connectivity index (χ1n) is 8.09. The molecule has 0 heterocycles. The number of carboxylic acids is 1. The molecule has 112 valence electrons. The fourth-order valence-electron chi connectivity index (χ4n) is 4.28. The molecule has 0 bridgehead atoms. The summed E-state index contributed by atoms with van der Waals surface area (Å²) in [7, 11) is 0. The Morgan fingerprint density at radius 1 is 1.16 bits per heavy atom. The van der Waals surface area contributed by atoms with Crippen molar-refractivity contribution in [2.24, 2.45) is 29.1 Å². The Balaban J connectivity index is 2.66. The first-order chi connectivity index (χ1) is 8.87. The van der Waals surface area contributed by atoms with Crippen LogP contribution >= 0.6 is 0 Å². The lowest BCUT2D eigenvalue weighted by Crippen LogP contribution is -2.43. The van der Waals surface area contributed by atoms with Crippen LogP contribution in [-0.2, 0) is 4.79 Å². The number of unbranched alkanes of at least 4 members (excludes halogenated alkanes) is 3. The van der Waals surface area contributed by atoms with Gasteiger partial charge in [0.2, 0.25) is 0 Å². The number of hydrogen-bond donors (Lipinski definition) is 0. The van der Waals surface area contributed by atoms with Gasteiger partial charge < -0.3 is 9.90 Å². The average Bonchev–Trinajstić information content (AvgIpc) is 2.99. The van der Waals surface area contributed by atoms with E-state index >= 15 is 0 Å². The molecule has 2 nitrogen and oxygen atoms in total. The smallest absolute Gasteiger partial charge is 0.0482 e. The van der Waals surface area contributed by atoms with Crippen molar-refractivity contribution in [3.8, 4) is 0 Å². The van der Waals surface area contributed by atoms with E-state index in [1.54, 1.807) is 0 Å². The van der Waals surface area contributed by atoms with E-state index in [-0.39, 0.29) is 5.92 Å².